The van der Waals surface area contributed by atoms with Crippen molar-refractivity contribution in [2.24, 2.45) is 0 Å². The van der Waals surface area contributed by atoms with E-state index in [1.807, 2.05) is 32.0 Å². The van der Waals surface area contributed by atoms with E-state index in [9.17, 15) is 4.79 Å². The lowest BCUT2D eigenvalue weighted by Gasteiger charge is -2.31. The molecule has 0 bridgehead atoms. The molecule has 0 amide bonds. The van der Waals surface area contributed by atoms with Gasteiger partial charge in [-0.1, -0.05) is 60.3 Å². The highest BCUT2D eigenvalue weighted by Gasteiger charge is 2.32. The Morgan fingerprint density at radius 2 is 2.00 bits per heavy atom. The number of nitrogens with zero attached hydrogens (tertiary/aromatic N) is 2. The molecule has 170 valence electrons. The standard InChI is InChI=1S/C24H26Cl2N2O2S2/c1-24(2)11-16-19(12-30-24)32-22-20(21(16)29)27-23(28(22)15-6-4-3-5-7-15)31-13-14-8-9-17(25)18(26)10-14/h8-10,15H,3-7,11-13H2,1-2H3. The van der Waals surface area contributed by atoms with Crippen molar-refractivity contribution in [2.75, 3.05) is 0 Å². The fraction of sp³-hybridized carbons (Fsp3) is 0.500. The third-order valence-electron chi connectivity index (χ3n) is 6.37. The molecule has 0 spiro atoms. The van der Waals surface area contributed by atoms with Crippen molar-refractivity contribution in [1.29, 1.82) is 0 Å². The van der Waals surface area contributed by atoms with E-state index in [-0.39, 0.29) is 11.0 Å². The first-order valence-electron chi connectivity index (χ1n) is 11.1. The second kappa shape index (κ2) is 8.95. The summed E-state index contributed by atoms with van der Waals surface area (Å²) in [4.78, 5) is 20.5. The van der Waals surface area contributed by atoms with Gasteiger partial charge in [0.25, 0.3) is 0 Å². The molecule has 8 heteroatoms. The zero-order valence-corrected chi connectivity index (χ0v) is 21.4. The molecule has 2 aromatic heterocycles. The molecular formula is C24H26Cl2N2O2S2. The summed E-state index contributed by atoms with van der Waals surface area (Å²) in [6.45, 7) is 4.59. The van der Waals surface area contributed by atoms with Crippen molar-refractivity contribution in [3.63, 3.8) is 0 Å². The summed E-state index contributed by atoms with van der Waals surface area (Å²) in [6, 6.07) is 6.12. The lowest BCUT2D eigenvalue weighted by molar-refractivity contribution is -0.0386. The van der Waals surface area contributed by atoms with E-state index in [4.69, 9.17) is 32.9 Å². The Hall–Kier alpha value is -1.05. The van der Waals surface area contributed by atoms with Gasteiger partial charge in [0.2, 0.25) is 5.43 Å². The van der Waals surface area contributed by atoms with E-state index in [0.29, 0.717) is 34.6 Å². The summed E-state index contributed by atoms with van der Waals surface area (Å²) in [5, 5.41) is 2.04. The molecule has 0 radical (unpaired) electrons. The molecule has 0 saturated heterocycles. The number of ether oxygens (including phenoxy) is 1. The Morgan fingerprint density at radius 3 is 2.75 bits per heavy atom. The van der Waals surface area contributed by atoms with Crippen molar-refractivity contribution in [2.45, 2.75) is 81.5 Å². The van der Waals surface area contributed by atoms with Crippen molar-refractivity contribution in [3.05, 3.63) is 54.5 Å². The molecule has 1 aromatic carbocycles. The molecule has 5 rings (SSSR count). The highest BCUT2D eigenvalue weighted by molar-refractivity contribution is 7.98. The second-order valence-corrected chi connectivity index (χ2v) is 12.1. The number of halogens is 2. The van der Waals surface area contributed by atoms with Gasteiger partial charge < -0.3 is 9.30 Å². The van der Waals surface area contributed by atoms with Gasteiger partial charge in [-0.05, 0) is 44.4 Å². The van der Waals surface area contributed by atoms with E-state index in [0.717, 1.165) is 44.6 Å². The third-order valence-corrected chi connectivity index (χ3v) is 9.33. The van der Waals surface area contributed by atoms with E-state index in [1.54, 1.807) is 23.1 Å². The van der Waals surface area contributed by atoms with Gasteiger partial charge in [-0.2, -0.15) is 0 Å². The summed E-state index contributed by atoms with van der Waals surface area (Å²) < 4.78 is 8.38. The van der Waals surface area contributed by atoms with E-state index in [2.05, 4.69) is 4.57 Å². The highest BCUT2D eigenvalue weighted by atomic mass is 35.5. The van der Waals surface area contributed by atoms with Crippen LogP contribution in [0.2, 0.25) is 10.0 Å². The molecule has 0 N–H and O–H groups in total. The number of hydrogen-bond donors (Lipinski definition) is 0. The van der Waals surface area contributed by atoms with Crippen LogP contribution in [0.4, 0.5) is 0 Å². The van der Waals surface area contributed by atoms with E-state index in [1.165, 1.54) is 19.3 Å². The predicted molar refractivity (Wildman–Crippen MR) is 135 cm³/mol. The van der Waals surface area contributed by atoms with Gasteiger partial charge >= 0.3 is 0 Å². The number of imidazole rings is 1. The van der Waals surface area contributed by atoms with Crippen molar-refractivity contribution >= 4 is 56.6 Å². The van der Waals surface area contributed by atoms with Crippen molar-refractivity contribution in [3.8, 4) is 0 Å². The van der Waals surface area contributed by atoms with Crippen LogP contribution in [0.25, 0.3) is 10.3 Å². The monoisotopic (exact) mass is 508 g/mol. The van der Waals surface area contributed by atoms with Crippen LogP contribution in [0.5, 0.6) is 0 Å². The highest BCUT2D eigenvalue weighted by Crippen LogP contribution is 2.39. The maximum atomic E-state index is 13.5. The number of hydrogen-bond acceptors (Lipinski definition) is 5. The van der Waals surface area contributed by atoms with E-state index >= 15 is 0 Å². The summed E-state index contributed by atoms with van der Waals surface area (Å²) in [6.07, 6.45) is 6.62. The molecule has 4 nitrogen and oxygen atoms in total. The van der Waals surface area contributed by atoms with Crippen LogP contribution < -0.4 is 5.43 Å². The number of fused-ring (bicyclic) bond motifs is 2. The largest absolute Gasteiger partial charge is 0.370 e. The van der Waals surface area contributed by atoms with Crippen LogP contribution in [-0.2, 0) is 23.5 Å². The lowest BCUT2D eigenvalue weighted by atomic mass is 9.95. The average Bonchev–Trinajstić information content (AvgIpc) is 3.14. The number of aromatic nitrogens is 2. The Kier molecular flexibility index (Phi) is 6.36. The number of benzene rings is 1. The van der Waals surface area contributed by atoms with Crippen LogP contribution in [0, 0.1) is 0 Å². The van der Waals surface area contributed by atoms with Crippen LogP contribution >= 0.6 is 46.3 Å². The van der Waals surface area contributed by atoms with Gasteiger partial charge in [-0.15, -0.1) is 11.3 Å². The van der Waals surface area contributed by atoms with Crippen LogP contribution in [0.3, 0.4) is 0 Å². The van der Waals surface area contributed by atoms with Crippen LogP contribution in [0.15, 0.2) is 28.2 Å². The first kappa shape index (κ1) is 22.7. The van der Waals surface area contributed by atoms with Gasteiger partial charge in [0.15, 0.2) is 5.16 Å². The Balaban J connectivity index is 1.58. The van der Waals surface area contributed by atoms with Gasteiger partial charge in [-0.3, -0.25) is 4.79 Å². The molecule has 32 heavy (non-hydrogen) atoms. The molecule has 1 fully saturated rings. The Labute approximate surface area is 206 Å². The number of rotatable bonds is 4. The molecule has 3 aromatic rings. The van der Waals surface area contributed by atoms with Crippen LogP contribution in [0.1, 0.15) is 68.0 Å². The number of thioether (sulfide) groups is 1. The fourth-order valence-electron chi connectivity index (χ4n) is 4.67. The lowest BCUT2D eigenvalue weighted by Crippen LogP contribution is -2.34. The average molecular weight is 510 g/mol. The molecule has 0 atom stereocenters. The maximum absolute atomic E-state index is 13.5. The molecule has 3 heterocycles. The molecule has 1 aliphatic heterocycles. The molecule has 1 aliphatic carbocycles. The first-order valence-corrected chi connectivity index (χ1v) is 13.7. The minimum atomic E-state index is -0.316. The minimum Gasteiger partial charge on any atom is -0.370 e. The predicted octanol–water partition coefficient (Wildman–Crippen LogP) is 7.41. The smallest absolute Gasteiger partial charge is 0.211 e. The van der Waals surface area contributed by atoms with Gasteiger partial charge in [-0.25, -0.2) is 4.98 Å². The Morgan fingerprint density at radius 1 is 1.22 bits per heavy atom. The van der Waals surface area contributed by atoms with Gasteiger partial charge in [0.1, 0.15) is 10.3 Å². The molecular weight excluding hydrogens is 483 g/mol. The zero-order chi connectivity index (χ0) is 22.5. The summed E-state index contributed by atoms with van der Waals surface area (Å²) in [5.41, 5.74) is 2.36. The van der Waals surface area contributed by atoms with Gasteiger partial charge in [0, 0.05) is 28.7 Å². The quantitative estimate of drug-likeness (QED) is 0.344. The molecule has 1 saturated carbocycles. The molecule has 0 unspecified atom stereocenters. The maximum Gasteiger partial charge on any atom is 0.211 e. The summed E-state index contributed by atoms with van der Waals surface area (Å²) in [7, 11) is 0. The minimum absolute atomic E-state index is 0.0797. The van der Waals surface area contributed by atoms with Gasteiger partial charge in [0.05, 0.1) is 22.3 Å². The fourth-order valence-corrected chi connectivity index (χ4v) is 7.26. The molecule has 2 aliphatic rings. The van der Waals surface area contributed by atoms with Crippen molar-refractivity contribution in [1.82, 2.24) is 9.55 Å². The second-order valence-electron chi connectivity index (χ2n) is 9.31. The van der Waals surface area contributed by atoms with Crippen molar-refractivity contribution < 1.29 is 4.74 Å². The first-order chi connectivity index (χ1) is 15.3. The van der Waals surface area contributed by atoms with E-state index < -0.39 is 0 Å². The zero-order valence-electron chi connectivity index (χ0n) is 18.2. The third kappa shape index (κ3) is 4.37. The normalized spacial score (nSPS) is 18.8. The Bertz CT molecular complexity index is 1230. The van der Waals surface area contributed by atoms with Crippen LogP contribution in [-0.4, -0.2) is 15.2 Å². The SMILES string of the molecule is CC1(C)Cc2c(sc3c(nc(SCc4ccc(Cl)c(Cl)c4)n3C3CCCCC3)c2=O)CO1. The topological polar surface area (TPSA) is 44.1 Å². The summed E-state index contributed by atoms with van der Waals surface area (Å²) in [5.74, 6) is 0.724. The summed E-state index contributed by atoms with van der Waals surface area (Å²) >= 11 is 15.7.